The van der Waals surface area contributed by atoms with Crippen LogP contribution in [-0.4, -0.2) is 33.1 Å². The van der Waals surface area contributed by atoms with Gasteiger partial charge >= 0.3 is 0 Å². The van der Waals surface area contributed by atoms with E-state index in [2.05, 4.69) is 27.5 Å². The summed E-state index contributed by atoms with van der Waals surface area (Å²) in [6.45, 7) is 2.54. The van der Waals surface area contributed by atoms with Crippen molar-refractivity contribution in [3.8, 4) is 11.1 Å². The molecule has 0 saturated carbocycles. The van der Waals surface area contributed by atoms with Crippen molar-refractivity contribution in [3.63, 3.8) is 0 Å². The van der Waals surface area contributed by atoms with Gasteiger partial charge in [-0.2, -0.15) is 0 Å². The maximum atomic E-state index is 12.9. The lowest BCUT2D eigenvalue weighted by Crippen LogP contribution is -2.32. The molecule has 2 aromatic carbocycles. The summed E-state index contributed by atoms with van der Waals surface area (Å²) >= 11 is 3.10. The van der Waals surface area contributed by atoms with Crippen molar-refractivity contribution >= 4 is 39.2 Å². The fraction of sp³-hybridized carbons (Fsp3) is 0.174. The van der Waals surface area contributed by atoms with E-state index in [1.54, 1.807) is 22.6 Å². The maximum absolute atomic E-state index is 12.9. The molecule has 0 saturated heterocycles. The van der Waals surface area contributed by atoms with Gasteiger partial charge in [0.15, 0.2) is 0 Å². The molecule has 0 N–H and O–H groups in total. The molecule has 0 aliphatic rings. The number of hydrogen-bond donors (Lipinski definition) is 0. The zero-order valence-corrected chi connectivity index (χ0v) is 17.9. The number of nitrogens with zero attached hydrogens (tertiary/aromatic N) is 3. The lowest BCUT2D eigenvalue weighted by molar-refractivity contribution is -0.129. The summed E-state index contributed by atoms with van der Waals surface area (Å²) in [4.78, 5) is 24.6. The van der Waals surface area contributed by atoms with Crippen molar-refractivity contribution in [2.24, 2.45) is 0 Å². The molecule has 0 aliphatic carbocycles. The summed E-state index contributed by atoms with van der Waals surface area (Å²) in [6, 6.07) is 20.3. The summed E-state index contributed by atoms with van der Waals surface area (Å²) < 4.78 is 0. The van der Waals surface area contributed by atoms with E-state index < -0.39 is 0 Å². The zero-order valence-electron chi connectivity index (χ0n) is 16.3. The Morgan fingerprint density at radius 1 is 1.07 bits per heavy atom. The van der Waals surface area contributed by atoms with Crippen LogP contribution >= 0.6 is 23.1 Å². The summed E-state index contributed by atoms with van der Waals surface area (Å²) in [6.07, 6.45) is 1.58. The number of amides is 1. The largest absolute Gasteiger partial charge is 0.340 e. The molecule has 4 nitrogen and oxygen atoms in total. The summed E-state index contributed by atoms with van der Waals surface area (Å²) in [7, 11) is 1.85. The molecule has 0 radical (unpaired) electrons. The number of fused-ring (bicyclic) bond motifs is 1. The van der Waals surface area contributed by atoms with Gasteiger partial charge < -0.3 is 4.90 Å². The van der Waals surface area contributed by atoms with Crippen LogP contribution in [0.25, 0.3) is 21.3 Å². The number of aromatic nitrogens is 2. The van der Waals surface area contributed by atoms with Gasteiger partial charge in [-0.05, 0) is 18.1 Å². The molecule has 146 valence electrons. The fourth-order valence-electron chi connectivity index (χ4n) is 3.23. The molecule has 0 spiro atoms. The fourth-order valence-corrected chi connectivity index (χ4v) is 5.26. The van der Waals surface area contributed by atoms with Gasteiger partial charge in [-0.1, -0.05) is 72.4 Å². The number of benzene rings is 2. The monoisotopic (exact) mass is 419 g/mol. The molecule has 29 heavy (non-hydrogen) atoms. The SMILES string of the molecule is CC(Sc1ncnc2scc(-c3ccccc3)c12)C(=O)N(C)Cc1ccccc1. The predicted octanol–water partition coefficient (Wildman–Crippen LogP) is 5.50. The van der Waals surface area contributed by atoms with Crippen molar-refractivity contribution in [1.29, 1.82) is 0 Å². The van der Waals surface area contributed by atoms with Crippen LogP contribution in [-0.2, 0) is 11.3 Å². The average Bonchev–Trinajstić information content (AvgIpc) is 3.20. The molecule has 1 atom stereocenters. The first-order valence-corrected chi connectivity index (χ1v) is 11.1. The topological polar surface area (TPSA) is 46.1 Å². The van der Waals surface area contributed by atoms with Crippen LogP contribution in [0.4, 0.5) is 0 Å². The normalized spacial score (nSPS) is 12.1. The van der Waals surface area contributed by atoms with Gasteiger partial charge in [-0.25, -0.2) is 9.97 Å². The van der Waals surface area contributed by atoms with E-state index in [1.165, 1.54) is 11.8 Å². The molecule has 2 aromatic heterocycles. The Bertz CT molecular complexity index is 1110. The first-order chi connectivity index (χ1) is 14.1. The minimum atomic E-state index is -0.245. The van der Waals surface area contributed by atoms with Crippen molar-refractivity contribution in [3.05, 3.63) is 77.9 Å². The maximum Gasteiger partial charge on any atom is 0.235 e. The Morgan fingerprint density at radius 3 is 2.48 bits per heavy atom. The van der Waals surface area contributed by atoms with Gasteiger partial charge in [0.05, 0.1) is 10.6 Å². The van der Waals surface area contributed by atoms with Gasteiger partial charge in [-0.3, -0.25) is 4.79 Å². The molecule has 1 unspecified atom stereocenters. The smallest absolute Gasteiger partial charge is 0.235 e. The number of rotatable bonds is 6. The van der Waals surface area contributed by atoms with Crippen LogP contribution in [0.5, 0.6) is 0 Å². The van der Waals surface area contributed by atoms with Gasteiger partial charge in [0.1, 0.15) is 16.2 Å². The third kappa shape index (κ3) is 4.33. The Kier molecular flexibility index (Phi) is 5.92. The summed E-state index contributed by atoms with van der Waals surface area (Å²) in [5.74, 6) is 0.0853. The van der Waals surface area contributed by atoms with Crippen molar-refractivity contribution < 1.29 is 4.79 Å². The first kappa shape index (κ1) is 19.6. The Balaban J connectivity index is 1.57. The zero-order chi connectivity index (χ0) is 20.2. The molecular weight excluding hydrogens is 398 g/mol. The number of thioether (sulfide) groups is 1. The summed E-state index contributed by atoms with van der Waals surface area (Å²) in [5, 5.41) is 3.75. The molecule has 0 fully saturated rings. The van der Waals surface area contributed by atoms with Crippen LogP contribution in [0.1, 0.15) is 12.5 Å². The highest BCUT2D eigenvalue weighted by molar-refractivity contribution is 8.00. The van der Waals surface area contributed by atoms with E-state index >= 15 is 0 Å². The van der Waals surface area contributed by atoms with E-state index in [9.17, 15) is 4.79 Å². The predicted molar refractivity (Wildman–Crippen MR) is 121 cm³/mol. The van der Waals surface area contributed by atoms with Gasteiger partial charge in [0.2, 0.25) is 5.91 Å². The first-order valence-electron chi connectivity index (χ1n) is 9.36. The second kappa shape index (κ2) is 8.76. The minimum Gasteiger partial charge on any atom is -0.340 e. The second-order valence-electron chi connectivity index (χ2n) is 6.81. The quantitative estimate of drug-likeness (QED) is 0.306. The number of carbonyl (C=O) groups is 1. The van der Waals surface area contributed by atoms with Gasteiger partial charge in [0, 0.05) is 24.5 Å². The van der Waals surface area contributed by atoms with E-state index in [0.717, 1.165) is 31.9 Å². The molecule has 2 heterocycles. The Labute approximate surface area is 178 Å². The van der Waals surface area contributed by atoms with Crippen LogP contribution in [0, 0.1) is 0 Å². The molecule has 4 aromatic rings. The van der Waals surface area contributed by atoms with Crippen LogP contribution < -0.4 is 0 Å². The minimum absolute atomic E-state index is 0.0853. The highest BCUT2D eigenvalue weighted by atomic mass is 32.2. The van der Waals surface area contributed by atoms with Crippen LogP contribution in [0.15, 0.2) is 77.4 Å². The van der Waals surface area contributed by atoms with Crippen molar-refractivity contribution in [1.82, 2.24) is 14.9 Å². The van der Waals surface area contributed by atoms with Crippen LogP contribution in [0.3, 0.4) is 0 Å². The highest BCUT2D eigenvalue weighted by Crippen LogP contribution is 2.39. The lowest BCUT2D eigenvalue weighted by Gasteiger charge is -2.21. The molecule has 6 heteroatoms. The molecular formula is C23H21N3OS2. The third-order valence-corrected chi connectivity index (χ3v) is 6.67. The van der Waals surface area contributed by atoms with Crippen LogP contribution in [0.2, 0.25) is 0 Å². The number of thiophene rings is 1. The Hall–Kier alpha value is -2.70. The van der Waals surface area contributed by atoms with Crippen molar-refractivity contribution in [2.75, 3.05) is 7.05 Å². The Morgan fingerprint density at radius 2 is 1.76 bits per heavy atom. The summed E-state index contributed by atoms with van der Waals surface area (Å²) in [5.41, 5.74) is 3.37. The highest BCUT2D eigenvalue weighted by Gasteiger charge is 2.22. The average molecular weight is 420 g/mol. The molecule has 1 amide bonds. The molecule has 0 bridgehead atoms. The van der Waals surface area contributed by atoms with Crippen molar-refractivity contribution in [2.45, 2.75) is 23.7 Å². The molecule has 0 aliphatic heterocycles. The standard InChI is InChI=1S/C23H21N3OS2/c1-16(23(27)26(2)13-17-9-5-3-6-10-17)29-22-20-19(18-11-7-4-8-12-18)14-28-21(20)24-15-25-22/h3-12,14-16H,13H2,1-2H3. The van der Waals surface area contributed by atoms with E-state index in [4.69, 9.17) is 0 Å². The lowest BCUT2D eigenvalue weighted by atomic mass is 10.1. The molecule has 4 rings (SSSR count). The number of carbonyl (C=O) groups excluding carboxylic acids is 1. The second-order valence-corrected chi connectivity index (χ2v) is 9.00. The number of hydrogen-bond acceptors (Lipinski definition) is 5. The van der Waals surface area contributed by atoms with Gasteiger partial charge in [0.25, 0.3) is 0 Å². The van der Waals surface area contributed by atoms with E-state index in [0.29, 0.717) is 6.54 Å². The van der Waals surface area contributed by atoms with E-state index in [1.807, 2.05) is 62.5 Å². The van der Waals surface area contributed by atoms with Gasteiger partial charge in [-0.15, -0.1) is 11.3 Å². The van der Waals surface area contributed by atoms with E-state index in [-0.39, 0.29) is 11.2 Å². The third-order valence-electron chi connectivity index (χ3n) is 4.70.